The Bertz CT molecular complexity index is 686. The Hall–Kier alpha value is -1.32. The van der Waals surface area contributed by atoms with Gasteiger partial charge >= 0.3 is 0 Å². The van der Waals surface area contributed by atoms with Gasteiger partial charge in [0.25, 0.3) is 0 Å². The molecule has 2 heterocycles. The molecular formula is C19H24ClN3. The number of rotatable bonds is 3. The summed E-state index contributed by atoms with van der Waals surface area (Å²) in [7, 11) is 0. The minimum absolute atomic E-state index is 0.665. The van der Waals surface area contributed by atoms with E-state index in [2.05, 4.69) is 22.1 Å². The van der Waals surface area contributed by atoms with Crippen molar-refractivity contribution in [1.29, 1.82) is 0 Å². The van der Waals surface area contributed by atoms with E-state index in [-0.39, 0.29) is 0 Å². The highest BCUT2D eigenvalue weighted by Crippen LogP contribution is 2.35. The average molecular weight is 330 g/mol. The second kappa shape index (κ2) is 6.66. The zero-order valence-electron chi connectivity index (χ0n) is 13.5. The molecule has 1 aliphatic carbocycles. The summed E-state index contributed by atoms with van der Waals surface area (Å²) in [5, 5.41) is 9.41. The normalized spacial score (nSPS) is 18.8. The first-order valence-electron chi connectivity index (χ1n) is 8.85. The van der Waals surface area contributed by atoms with E-state index in [1.54, 1.807) is 0 Å². The zero-order chi connectivity index (χ0) is 15.6. The predicted molar refractivity (Wildman–Crippen MR) is 94.0 cm³/mol. The second-order valence-electron chi connectivity index (χ2n) is 6.86. The summed E-state index contributed by atoms with van der Waals surface area (Å²) in [5.74, 6) is 0.665. The van der Waals surface area contributed by atoms with Crippen LogP contribution in [0, 0.1) is 0 Å². The molecule has 1 aromatic heterocycles. The average Bonchev–Trinajstić information content (AvgIpc) is 2.95. The van der Waals surface area contributed by atoms with Gasteiger partial charge in [-0.05, 0) is 30.5 Å². The number of nitrogens with one attached hydrogen (secondary N) is 1. The van der Waals surface area contributed by atoms with Crippen molar-refractivity contribution in [3.8, 4) is 0 Å². The molecule has 0 radical (unpaired) electrons. The van der Waals surface area contributed by atoms with Gasteiger partial charge in [-0.15, -0.1) is 0 Å². The van der Waals surface area contributed by atoms with Crippen molar-refractivity contribution in [3.05, 3.63) is 51.8 Å². The van der Waals surface area contributed by atoms with Crippen LogP contribution >= 0.6 is 11.6 Å². The Kier molecular flexibility index (Phi) is 4.41. The summed E-state index contributed by atoms with van der Waals surface area (Å²) in [5.41, 5.74) is 5.51. The molecule has 3 nitrogen and oxygen atoms in total. The first-order valence-corrected chi connectivity index (χ1v) is 9.22. The lowest BCUT2D eigenvalue weighted by Gasteiger charge is -2.22. The summed E-state index contributed by atoms with van der Waals surface area (Å²) in [6.07, 6.45) is 7.79. The first-order chi connectivity index (χ1) is 11.3. The number of fused-ring (bicyclic) bond motifs is 1. The Morgan fingerprint density at radius 1 is 1.22 bits per heavy atom. The number of hydrogen-bond acceptors (Lipinski definition) is 2. The van der Waals surface area contributed by atoms with Gasteiger partial charge in [0.2, 0.25) is 0 Å². The predicted octanol–water partition coefficient (Wildman–Crippen LogP) is 4.28. The fourth-order valence-electron chi connectivity index (χ4n) is 4.09. The second-order valence-corrected chi connectivity index (χ2v) is 7.30. The molecule has 4 heteroatoms. The number of hydrogen-bond donors (Lipinski definition) is 1. The third-order valence-electron chi connectivity index (χ3n) is 5.25. The Balaban J connectivity index is 1.67. The van der Waals surface area contributed by atoms with E-state index in [1.807, 2.05) is 12.1 Å². The zero-order valence-corrected chi connectivity index (χ0v) is 14.3. The lowest BCUT2D eigenvalue weighted by atomic mass is 9.84. The van der Waals surface area contributed by atoms with Crippen LogP contribution in [0.2, 0.25) is 5.02 Å². The van der Waals surface area contributed by atoms with Gasteiger partial charge < -0.3 is 5.32 Å². The summed E-state index contributed by atoms with van der Waals surface area (Å²) >= 11 is 6.14. The number of benzene rings is 1. The molecule has 23 heavy (non-hydrogen) atoms. The van der Waals surface area contributed by atoms with E-state index >= 15 is 0 Å². The molecule has 1 fully saturated rings. The van der Waals surface area contributed by atoms with Crippen LogP contribution in [0.5, 0.6) is 0 Å². The summed E-state index contributed by atoms with van der Waals surface area (Å²) in [6.45, 7) is 2.87. The summed E-state index contributed by atoms with van der Waals surface area (Å²) in [4.78, 5) is 0. The molecule has 0 atom stereocenters. The molecule has 0 amide bonds. The van der Waals surface area contributed by atoms with Gasteiger partial charge in [0.1, 0.15) is 0 Å². The third kappa shape index (κ3) is 3.17. The van der Waals surface area contributed by atoms with Crippen molar-refractivity contribution in [3.63, 3.8) is 0 Å². The van der Waals surface area contributed by atoms with E-state index < -0.39 is 0 Å². The van der Waals surface area contributed by atoms with Gasteiger partial charge in [-0.1, -0.05) is 43.0 Å². The number of nitrogens with zero attached hydrogens (tertiary/aromatic N) is 2. The van der Waals surface area contributed by atoms with Crippen LogP contribution in [-0.2, 0) is 19.5 Å². The largest absolute Gasteiger partial charge is 0.312 e. The fourth-order valence-corrected chi connectivity index (χ4v) is 4.30. The van der Waals surface area contributed by atoms with E-state index in [0.717, 1.165) is 31.1 Å². The molecule has 0 bridgehead atoms. The third-order valence-corrected chi connectivity index (χ3v) is 5.49. The molecule has 1 aliphatic heterocycles. The van der Waals surface area contributed by atoms with Crippen LogP contribution in [0.4, 0.5) is 0 Å². The molecule has 0 saturated heterocycles. The molecule has 0 unspecified atom stereocenters. The van der Waals surface area contributed by atoms with Gasteiger partial charge in [-0.3, -0.25) is 4.68 Å². The van der Waals surface area contributed by atoms with Gasteiger partial charge in [-0.25, -0.2) is 0 Å². The Morgan fingerprint density at radius 3 is 2.91 bits per heavy atom. The minimum atomic E-state index is 0.665. The standard InChI is InChI=1S/C19H24ClN3/c20-16-8-4-5-14(11-16)13-23-18-9-10-21-12-17(18)19(22-23)15-6-2-1-3-7-15/h4-5,8,11,15,21H,1-3,6-7,9-10,12-13H2. The number of aromatic nitrogens is 2. The fraction of sp³-hybridized carbons (Fsp3) is 0.526. The highest BCUT2D eigenvalue weighted by atomic mass is 35.5. The van der Waals surface area contributed by atoms with Crippen molar-refractivity contribution in [1.82, 2.24) is 15.1 Å². The van der Waals surface area contributed by atoms with Crippen molar-refractivity contribution >= 4 is 11.6 Å². The highest BCUT2D eigenvalue weighted by Gasteiger charge is 2.26. The lowest BCUT2D eigenvalue weighted by Crippen LogP contribution is -2.25. The van der Waals surface area contributed by atoms with Crippen LogP contribution in [-0.4, -0.2) is 16.3 Å². The van der Waals surface area contributed by atoms with E-state index in [0.29, 0.717) is 5.92 Å². The molecule has 0 spiro atoms. The summed E-state index contributed by atoms with van der Waals surface area (Å²) in [6, 6.07) is 8.15. The van der Waals surface area contributed by atoms with Crippen LogP contribution in [0.25, 0.3) is 0 Å². The first kappa shape index (κ1) is 15.2. The van der Waals surface area contributed by atoms with E-state index in [4.69, 9.17) is 16.7 Å². The van der Waals surface area contributed by atoms with Gasteiger partial charge in [0.05, 0.1) is 12.2 Å². The van der Waals surface area contributed by atoms with Crippen LogP contribution in [0.1, 0.15) is 60.5 Å². The van der Waals surface area contributed by atoms with Gasteiger partial charge in [0, 0.05) is 41.7 Å². The molecule has 122 valence electrons. The Labute approximate surface area is 143 Å². The molecular weight excluding hydrogens is 306 g/mol. The van der Waals surface area contributed by atoms with E-state index in [1.165, 1.54) is 54.6 Å². The monoisotopic (exact) mass is 329 g/mol. The molecule has 1 aromatic carbocycles. The SMILES string of the molecule is Clc1cccc(Cn2nc(C3CCCCC3)c3c2CCNC3)c1. The van der Waals surface area contributed by atoms with Crippen molar-refractivity contribution in [2.45, 2.75) is 57.5 Å². The van der Waals surface area contributed by atoms with Gasteiger partial charge in [0.15, 0.2) is 0 Å². The molecule has 2 aromatic rings. The van der Waals surface area contributed by atoms with Crippen LogP contribution in [0.15, 0.2) is 24.3 Å². The van der Waals surface area contributed by atoms with Crippen LogP contribution in [0.3, 0.4) is 0 Å². The lowest BCUT2D eigenvalue weighted by molar-refractivity contribution is 0.430. The maximum Gasteiger partial charge on any atom is 0.0703 e. The minimum Gasteiger partial charge on any atom is -0.312 e. The van der Waals surface area contributed by atoms with Crippen molar-refractivity contribution < 1.29 is 0 Å². The van der Waals surface area contributed by atoms with E-state index in [9.17, 15) is 0 Å². The van der Waals surface area contributed by atoms with Crippen molar-refractivity contribution in [2.24, 2.45) is 0 Å². The highest BCUT2D eigenvalue weighted by molar-refractivity contribution is 6.30. The maximum absolute atomic E-state index is 6.14. The topological polar surface area (TPSA) is 29.9 Å². The molecule has 1 N–H and O–H groups in total. The molecule has 2 aliphatic rings. The maximum atomic E-state index is 6.14. The smallest absolute Gasteiger partial charge is 0.0703 e. The quantitative estimate of drug-likeness (QED) is 0.911. The Morgan fingerprint density at radius 2 is 2.09 bits per heavy atom. The van der Waals surface area contributed by atoms with Gasteiger partial charge in [-0.2, -0.15) is 5.10 Å². The molecule has 1 saturated carbocycles. The number of halogens is 1. The molecule has 4 rings (SSSR count). The van der Waals surface area contributed by atoms with Crippen LogP contribution < -0.4 is 5.32 Å². The van der Waals surface area contributed by atoms with Crippen molar-refractivity contribution in [2.75, 3.05) is 6.54 Å². The summed E-state index contributed by atoms with van der Waals surface area (Å²) < 4.78 is 2.24.